The molecule has 19 heteroatoms. The van der Waals surface area contributed by atoms with E-state index < -0.39 is 117 Å². The number of carbonyl (C=O) groups is 1. The van der Waals surface area contributed by atoms with Gasteiger partial charge in [-0.2, -0.15) is 9.78 Å². The molecule has 0 aromatic heterocycles. The van der Waals surface area contributed by atoms with Gasteiger partial charge < -0.3 is 74.7 Å². The van der Waals surface area contributed by atoms with E-state index in [1.54, 1.807) is 0 Å². The van der Waals surface area contributed by atoms with Crippen LogP contribution in [0.4, 0.5) is 0 Å². The quantitative estimate of drug-likeness (QED) is 0.120. The van der Waals surface area contributed by atoms with Crippen molar-refractivity contribution < 1.29 is 94.4 Å². The smallest absolute Gasteiger partial charge is 0.327 e. The molecule has 19 nitrogen and oxygen atoms in total. The van der Waals surface area contributed by atoms with Gasteiger partial charge in [-0.1, -0.05) is 5.04 Å². The van der Waals surface area contributed by atoms with Crippen LogP contribution in [0.25, 0.3) is 0 Å². The molecule has 4 fully saturated rings. The Balaban J connectivity index is 1.55. The number of ketones is 1. The minimum Gasteiger partial charge on any atom is -0.394 e. The van der Waals surface area contributed by atoms with Crippen LogP contribution >= 0.6 is 0 Å². The van der Waals surface area contributed by atoms with E-state index >= 15 is 0 Å². The maximum Gasteiger partial charge on any atom is 0.327 e. The molecule has 226 valence electrons. The predicted octanol–water partition coefficient (Wildman–Crippen LogP) is -7.38. The number of rotatable bonds is 8. The summed E-state index contributed by atoms with van der Waals surface area (Å²) in [7, 11) is 0. The molecule has 0 aliphatic carbocycles. The zero-order valence-electron chi connectivity index (χ0n) is 20.3. The summed E-state index contributed by atoms with van der Waals surface area (Å²) < 4.78 is 26.9. The molecule has 39 heavy (non-hydrogen) atoms. The summed E-state index contributed by atoms with van der Waals surface area (Å²) in [6.07, 6.45) is -23.5. The van der Waals surface area contributed by atoms with Gasteiger partial charge in [0.05, 0.1) is 19.8 Å². The lowest BCUT2D eigenvalue weighted by Gasteiger charge is -2.56. The Bertz CT molecular complexity index is 853. The summed E-state index contributed by atoms with van der Waals surface area (Å²) in [5.41, 5.74) is -2.93. The molecule has 4 heterocycles. The Morgan fingerprint density at radius 1 is 0.744 bits per heavy atom. The third kappa shape index (κ3) is 4.90. The largest absolute Gasteiger partial charge is 0.394 e. The van der Waals surface area contributed by atoms with E-state index in [0.717, 1.165) is 6.92 Å². The van der Waals surface area contributed by atoms with Crippen molar-refractivity contribution in [2.45, 2.75) is 98.2 Å². The standard InChI is InChI=1S/C20H32O19/c1-5(24)19(31)15(29)8(4-23)34-18(20(19)37-39-38-20)36-14-7(3-22)33-17(12(28)10(14)26)35-13-6(2-21)32-16(30)11(27)9(13)25/h6-18,21-23,25-31H,2-4H2,1H3/t6-,7-,8-,9-,10-,11-,12-,13-,14-,15-,16?,17-,18-,19+/m1/s1. The summed E-state index contributed by atoms with van der Waals surface area (Å²) >= 11 is 0. The van der Waals surface area contributed by atoms with Gasteiger partial charge in [-0.3, -0.25) is 4.79 Å². The van der Waals surface area contributed by atoms with Gasteiger partial charge in [0.15, 0.2) is 18.4 Å². The van der Waals surface area contributed by atoms with Crippen LogP contribution in [0, 0.1) is 0 Å². The van der Waals surface area contributed by atoms with E-state index in [2.05, 4.69) is 5.04 Å². The zero-order valence-corrected chi connectivity index (χ0v) is 20.3. The molecule has 0 saturated carbocycles. The van der Waals surface area contributed by atoms with Crippen LogP contribution in [0.15, 0.2) is 0 Å². The Morgan fingerprint density at radius 3 is 1.79 bits per heavy atom. The van der Waals surface area contributed by atoms with Gasteiger partial charge >= 0.3 is 5.79 Å². The molecule has 0 amide bonds. The number of Topliss-reactive ketones (excluding diaryl/α,β-unsaturated/α-hetero) is 1. The Hall–Kier alpha value is -1.05. The van der Waals surface area contributed by atoms with Crippen LogP contribution in [0.1, 0.15) is 6.92 Å². The minimum absolute atomic E-state index is 0.799. The number of hydrogen-bond donors (Lipinski definition) is 10. The molecule has 1 unspecified atom stereocenters. The van der Waals surface area contributed by atoms with Crippen LogP contribution in [-0.2, 0) is 43.3 Å². The summed E-state index contributed by atoms with van der Waals surface area (Å²) in [5.74, 6) is -3.79. The molecule has 0 aromatic rings. The number of hydrogen-bond acceptors (Lipinski definition) is 19. The molecule has 10 N–H and O–H groups in total. The Labute approximate surface area is 219 Å². The highest BCUT2D eigenvalue weighted by molar-refractivity contribution is 5.87. The minimum atomic E-state index is -2.93. The van der Waals surface area contributed by atoms with Gasteiger partial charge in [-0.05, 0) is 6.92 Å². The van der Waals surface area contributed by atoms with Gasteiger partial charge in [0.2, 0.25) is 11.9 Å². The molecule has 0 bridgehead atoms. The molecule has 4 aliphatic heterocycles. The second-order valence-electron chi connectivity index (χ2n) is 9.50. The van der Waals surface area contributed by atoms with Crippen LogP contribution in [0.3, 0.4) is 0 Å². The van der Waals surface area contributed by atoms with E-state index in [1.807, 2.05) is 0 Å². The highest BCUT2D eigenvalue weighted by atomic mass is 17.6. The van der Waals surface area contributed by atoms with Crippen molar-refractivity contribution >= 4 is 5.78 Å². The van der Waals surface area contributed by atoms with Crippen molar-refractivity contribution in [1.82, 2.24) is 0 Å². The first-order chi connectivity index (χ1) is 18.4. The zero-order chi connectivity index (χ0) is 28.9. The highest BCUT2D eigenvalue weighted by Crippen LogP contribution is 2.48. The lowest BCUT2D eigenvalue weighted by Crippen LogP contribution is -2.82. The fourth-order valence-electron chi connectivity index (χ4n) is 4.87. The third-order valence-electron chi connectivity index (χ3n) is 7.18. The van der Waals surface area contributed by atoms with Crippen LogP contribution in [0.5, 0.6) is 0 Å². The molecular formula is C20H32O19. The normalized spacial score (nSPS) is 50.0. The maximum atomic E-state index is 12.4. The van der Waals surface area contributed by atoms with Gasteiger partial charge in [0, 0.05) is 0 Å². The van der Waals surface area contributed by atoms with Crippen molar-refractivity contribution in [2.75, 3.05) is 19.8 Å². The van der Waals surface area contributed by atoms with Crippen LogP contribution in [-0.4, -0.2) is 168 Å². The van der Waals surface area contributed by atoms with Crippen LogP contribution < -0.4 is 0 Å². The van der Waals surface area contributed by atoms with Crippen LogP contribution in [0.2, 0.25) is 0 Å². The summed E-state index contributed by atoms with van der Waals surface area (Å²) in [5, 5.41) is 106. The average Bonchev–Trinajstić information content (AvgIpc) is 2.88. The number of aliphatic hydroxyl groups excluding tert-OH is 9. The second kappa shape index (κ2) is 11.7. The van der Waals surface area contributed by atoms with E-state index in [1.165, 1.54) is 0 Å². The monoisotopic (exact) mass is 576 g/mol. The molecule has 0 radical (unpaired) electrons. The first-order valence-electron chi connectivity index (χ1n) is 11.8. The van der Waals surface area contributed by atoms with Crippen molar-refractivity contribution in [2.24, 2.45) is 0 Å². The maximum absolute atomic E-state index is 12.4. The van der Waals surface area contributed by atoms with Gasteiger partial charge in [0.1, 0.15) is 61.0 Å². The van der Waals surface area contributed by atoms with E-state index in [9.17, 15) is 55.9 Å². The van der Waals surface area contributed by atoms with Gasteiger partial charge in [-0.25, -0.2) is 0 Å². The molecule has 0 aromatic carbocycles. The van der Waals surface area contributed by atoms with Crippen molar-refractivity contribution in [3.63, 3.8) is 0 Å². The number of ether oxygens (including phenoxy) is 5. The number of carbonyl (C=O) groups excluding carboxylic acids is 1. The SMILES string of the molecule is CC(=O)[C@]1(O)[C@H](O)[C@@H](CO)O[C@H](O[C@H]2[C@H](O)[C@@H](O)[C@@H](O[C@H]3[C@H](O)[C@@H](O)C(O)O[C@@H]3CO)O[C@@H]2CO)C12OOO2. The molecule has 4 rings (SSSR count). The third-order valence-corrected chi connectivity index (χ3v) is 7.18. The fraction of sp³-hybridized carbons (Fsp3) is 0.950. The molecule has 4 saturated heterocycles. The fourth-order valence-corrected chi connectivity index (χ4v) is 4.87. The number of aliphatic hydroxyl groups is 10. The highest BCUT2D eigenvalue weighted by Gasteiger charge is 2.77. The average molecular weight is 576 g/mol. The Kier molecular flexibility index (Phi) is 9.25. The van der Waals surface area contributed by atoms with Gasteiger partial charge in [-0.15, -0.1) is 0 Å². The topological polar surface area (TPSA) is 293 Å². The van der Waals surface area contributed by atoms with Crippen molar-refractivity contribution in [3.8, 4) is 0 Å². The molecule has 14 atom stereocenters. The Morgan fingerprint density at radius 2 is 1.28 bits per heavy atom. The first kappa shape index (κ1) is 30.9. The molecular weight excluding hydrogens is 544 g/mol. The lowest BCUT2D eigenvalue weighted by atomic mass is 9.78. The predicted molar refractivity (Wildman–Crippen MR) is 111 cm³/mol. The second-order valence-corrected chi connectivity index (χ2v) is 9.50. The van der Waals surface area contributed by atoms with E-state index in [-0.39, 0.29) is 0 Å². The molecule has 4 aliphatic rings. The van der Waals surface area contributed by atoms with Crippen molar-refractivity contribution in [3.05, 3.63) is 0 Å². The first-order valence-corrected chi connectivity index (χ1v) is 11.8. The summed E-state index contributed by atoms with van der Waals surface area (Å²) in [4.78, 5) is 21.9. The van der Waals surface area contributed by atoms with E-state index in [0.29, 0.717) is 0 Å². The van der Waals surface area contributed by atoms with Gasteiger partial charge in [0.25, 0.3) is 0 Å². The van der Waals surface area contributed by atoms with E-state index in [4.69, 9.17) is 33.5 Å². The molecule has 1 spiro atoms. The van der Waals surface area contributed by atoms with Crippen molar-refractivity contribution in [1.29, 1.82) is 0 Å². The summed E-state index contributed by atoms with van der Waals surface area (Å²) in [6, 6.07) is 0. The lowest BCUT2D eigenvalue weighted by molar-refractivity contribution is -0.771. The summed E-state index contributed by atoms with van der Waals surface area (Å²) in [6.45, 7) is -1.78.